The van der Waals surface area contributed by atoms with Crippen LogP contribution in [0.15, 0.2) is 0 Å². The third-order valence-electron chi connectivity index (χ3n) is 3.40. The van der Waals surface area contributed by atoms with Crippen LogP contribution in [0.2, 0.25) is 0 Å². The van der Waals surface area contributed by atoms with Crippen LogP contribution in [-0.4, -0.2) is 58.7 Å². The summed E-state index contributed by atoms with van der Waals surface area (Å²) in [7, 11) is 0. The van der Waals surface area contributed by atoms with Crippen LogP contribution in [-0.2, 0) is 23.8 Å². The average molecular weight is 335 g/mol. The van der Waals surface area contributed by atoms with Gasteiger partial charge in [-0.1, -0.05) is 6.92 Å². The van der Waals surface area contributed by atoms with Crippen LogP contribution in [0.1, 0.15) is 27.2 Å². The van der Waals surface area contributed by atoms with Gasteiger partial charge in [0.1, 0.15) is 11.4 Å². The second-order valence-electron chi connectivity index (χ2n) is 5.49. The number of rotatable bonds is 5. The molecule has 0 N–H and O–H groups in total. The molecule has 2 saturated heterocycles. The van der Waals surface area contributed by atoms with E-state index in [0.717, 1.165) is 0 Å². The summed E-state index contributed by atoms with van der Waals surface area (Å²) in [4.78, 5) is 36.0. The minimum absolute atomic E-state index is 0.209. The molecular weight excluding hydrogens is 317 g/mol. The summed E-state index contributed by atoms with van der Waals surface area (Å²) >= 11 is 1.21. The predicted octanol–water partition coefficient (Wildman–Crippen LogP) is 1.45. The molecule has 3 atom stereocenters. The Kier molecular flexibility index (Phi) is 4.84. The lowest BCUT2D eigenvalue weighted by atomic mass is 9.98. The number of hydrogen-bond acceptors (Lipinski definition) is 7. The SMILES string of the molecule is CCCOC(=O)OCOC(=O)[C@@H]1N2C(=O)[C@@H](F)[C@H]2SC1(C)C. The molecule has 0 bridgehead atoms. The van der Waals surface area contributed by atoms with Crippen LogP contribution in [0, 0.1) is 0 Å². The molecule has 124 valence electrons. The van der Waals surface area contributed by atoms with Gasteiger partial charge in [0.05, 0.1) is 6.61 Å². The first-order valence-electron chi connectivity index (χ1n) is 6.90. The zero-order valence-corrected chi connectivity index (χ0v) is 13.4. The number of esters is 1. The van der Waals surface area contributed by atoms with Crippen molar-refractivity contribution in [2.45, 2.75) is 49.5 Å². The monoisotopic (exact) mass is 335 g/mol. The van der Waals surface area contributed by atoms with Gasteiger partial charge in [-0.2, -0.15) is 0 Å². The van der Waals surface area contributed by atoms with Crippen LogP contribution >= 0.6 is 11.8 Å². The molecule has 22 heavy (non-hydrogen) atoms. The van der Waals surface area contributed by atoms with Gasteiger partial charge in [0.2, 0.25) is 13.0 Å². The van der Waals surface area contributed by atoms with Gasteiger partial charge >= 0.3 is 12.1 Å². The Labute approximate surface area is 131 Å². The van der Waals surface area contributed by atoms with Crippen molar-refractivity contribution in [2.75, 3.05) is 13.4 Å². The van der Waals surface area contributed by atoms with E-state index in [9.17, 15) is 18.8 Å². The van der Waals surface area contributed by atoms with Gasteiger partial charge in [-0.3, -0.25) is 4.79 Å². The van der Waals surface area contributed by atoms with Crippen LogP contribution in [0.4, 0.5) is 9.18 Å². The standard InChI is InChI=1S/C13H18FNO6S/c1-4-5-19-12(18)21-6-20-11(17)8-13(2,3)22-10-7(14)9(16)15(8)10/h7-8,10H,4-6H2,1-3H3/t7-,8+,10-/m1/s1. The number of β-lactam (4-membered cyclic amide) rings is 1. The minimum Gasteiger partial charge on any atom is -0.434 e. The number of fused-ring (bicyclic) bond motifs is 1. The lowest BCUT2D eigenvalue weighted by molar-refractivity contribution is -0.172. The van der Waals surface area contributed by atoms with Crippen molar-refractivity contribution in [1.82, 2.24) is 4.90 Å². The molecule has 7 nitrogen and oxygen atoms in total. The first kappa shape index (κ1) is 16.9. The molecule has 0 aromatic heterocycles. The molecule has 9 heteroatoms. The Morgan fingerprint density at radius 1 is 1.32 bits per heavy atom. The largest absolute Gasteiger partial charge is 0.511 e. The Morgan fingerprint density at radius 2 is 2.00 bits per heavy atom. The highest BCUT2D eigenvalue weighted by molar-refractivity contribution is 8.01. The fourth-order valence-corrected chi connectivity index (χ4v) is 3.93. The molecule has 0 spiro atoms. The van der Waals surface area contributed by atoms with Gasteiger partial charge in [-0.25, -0.2) is 14.0 Å². The first-order valence-corrected chi connectivity index (χ1v) is 7.77. The fourth-order valence-electron chi connectivity index (χ4n) is 2.39. The van der Waals surface area contributed by atoms with Crippen molar-refractivity contribution in [2.24, 2.45) is 0 Å². The number of carbonyl (C=O) groups is 3. The maximum absolute atomic E-state index is 13.5. The van der Waals surface area contributed by atoms with Crippen molar-refractivity contribution in [3.63, 3.8) is 0 Å². The van der Waals surface area contributed by atoms with Crippen molar-refractivity contribution in [1.29, 1.82) is 0 Å². The van der Waals surface area contributed by atoms with Gasteiger partial charge in [-0.15, -0.1) is 11.8 Å². The molecule has 2 aliphatic rings. The van der Waals surface area contributed by atoms with Crippen molar-refractivity contribution < 1.29 is 33.0 Å². The number of carbonyl (C=O) groups excluding carboxylic acids is 3. The number of ether oxygens (including phenoxy) is 3. The first-order chi connectivity index (χ1) is 10.3. The molecule has 0 aromatic carbocycles. The summed E-state index contributed by atoms with van der Waals surface area (Å²) in [5.41, 5.74) is 0. The molecule has 0 unspecified atom stereocenters. The van der Waals surface area contributed by atoms with E-state index in [2.05, 4.69) is 9.47 Å². The van der Waals surface area contributed by atoms with Crippen LogP contribution in [0.3, 0.4) is 0 Å². The molecule has 0 saturated carbocycles. The smallest absolute Gasteiger partial charge is 0.434 e. The fraction of sp³-hybridized carbons (Fsp3) is 0.769. The summed E-state index contributed by atoms with van der Waals surface area (Å²) in [6.45, 7) is 4.90. The second-order valence-corrected chi connectivity index (χ2v) is 7.26. The quantitative estimate of drug-likeness (QED) is 0.427. The molecule has 1 amide bonds. The molecule has 2 fully saturated rings. The summed E-state index contributed by atoms with van der Waals surface area (Å²) in [6.07, 6.45) is -1.87. The maximum atomic E-state index is 13.5. The zero-order valence-electron chi connectivity index (χ0n) is 12.5. The Bertz CT molecular complexity index is 485. The van der Waals surface area contributed by atoms with E-state index in [1.165, 1.54) is 16.7 Å². The van der Waals surface area contributed by atoms with E-state index in [1.54, 1.807) is 13.8 Å². The average Bonchev–Trinajstić information content (AvgIpc) is 2.73. The van der Waals surface area contributed by atoms with E-state index in [0.29, 0.717) is 6.42 Å². The van der Waals surface area contributed by atoms with Gasteiger partial charge in [0.25, 0.3) is 5.91 Å². The molecule has 2 heterocycles. The lowest BCUT2D eigenvalue weighted by Crippen LogP contribution is -2.64. The van der Waals surface area contributed by atoms with Crippen molar-refractivity contribution in [3.05, 3.63) is 0 Å². The van der Waals surface area contributed by atoms with Crippen molar-refractivity contribution >= 4 is 29.8 Å². The topological polar surface area (TPSA) is 82.1 Å². The van der Waals surface area contributed by atoms with E-state index in [-0.39, 0.29) is 6.61 Å². The third-order valence-corrected chi connectivity index (χ3v) is 4.94. The number of hydrogen-bond donors (Lipinski definition) is 0. The Balaban J connectivity index is 1.87. The highest BCUT2D eigenvalue weighted by Gasteiger charge is 2.64. The highest BCUT2D eigenvalue weighted by atomic mass is 32.2. The van der Waals surface area contributed by atoms with Gasteiger partial charge < -0.3 is 19.1 Å². The Morgan fingerprint density at radius 3 is 2.64 bits per heavy atom. The highest BCUT2D eigenvalue weighted by Crippen LogP contribution is 2.51. The van der Waals surface area contributed by atoms with Crippen LogP contribution in [0.5, 0.6) is 0 Å². The summed E-state index contributed by atoms with van der Waals surface area (Å²) in [6, 6.07) is -0.905. The summed E-state index contributed by atoms with van der Waals surface area (Å²) in [5.74, 6) is -1.45. The number of amides is 1. The summed E-state index contributed by atoms with van der Waals surface area (Å²) in [5, 5.41) is -0.657. The maximum Gasteiger partial charge on any atom is 0.511 e. The summed E-state index contributed by atoms with van der Waals surface area (Å²) < 4.78 is 26.9. The van der Waals surface area contributed by atoms with Crippen LogP contribution < -0.4 is 0 Å². The molecule has 2 aliphatic heterocycles. The minimum atomic E-state index is -1.58. The molecular formula is C13H18FNO6S. The number of alkyl halides is 1. The van der Waals surface area contributed by atoms with E-state index >= 15 is 0 Å². The molecule has 0 aliphatic carbocycles. The van der Waals surface area contributed by atoms with Gasteiger partial charge in [0, 0.05) is 4.75 Å². The molecule has 0 aromatic rings. The zero-order chi connectivity index (χ0) is 16.5. The normalized spacial score (nSPS) is 28.6. The van der Waals surface area contributed by atoms with E-state index < -0.39 is 47.2 Å². The lowest BCUT2D eigenvalue weighted by Gasteiger charge is -2.39. The van der Waals surface area contributed by atoms with E-state index in [4.69, 9.17) is 4.74 Å². The molecule has 2 rings (SSSR count). The second kappa shape index (κ2) is 6.31. The number of thioether (sulfide) groups is 1. The molecule has 0 radical (unpaired) electrons. The van der Waals surface area contributed by atoms with Gasteiger partial charge in [0.15, 0.2) is 0 Å². The predicted molar refractivity (Wildman–Crippen MR) is 74.7 cm³/mol. The van der Waals surface area contributed by atoms with E-state index in [1.807, 2.05) is 6.92 Å². The van der Waals surface area contributed by atoms with Crippen molar-refractivity contribution in [3.8, 4) is 0 Å². The van der Waals surface area contributed by atoms with Gasteiger partial charge in [-0.05, 0) is 20.3 Å². The Hall–Kier alpha value is -1.51. The number of halogens is 1. The number of nitrogens with zero attached hydrogens (tertiary/aromatic N) is 1. The third kappa shape index (κ3) is 2.99. The van der Waals surface area contributed by atoms with Crippen LogP contribution in [0.25, 0.3) is 0 Å².